The number of carbonyl (C=O) groups excluding carboxylic acids is 1. The minimum atomic E-state index is -4.66. The van der Waals surface area contributed by atoms with Gasteiger partial charge in [0, 0.05) is 29.4 Å². The largest absolute Gasteiger partial charge is 0.416 e. The predicted octanol–water partition coefficient (Wildman–Crippen LogP) is 3.47. The number of amides is 1. The molecule has 212 valence electrons. The summed E-state index contributed by atoms with van der Waals surface area (Å²) in [4.78, 5) is 35.2. The lowest BCUT2D eigenvalue weighted by Gasteiger charge is -2.17. The first kappa shape index (κ1) is 29.7. The van der Waals surface area contributed by atoms with E-state index in [1.54, 1.807) is 38.1 Å². The Balaban J connectivity index is 1.85. The Hall–Kier alpha value is -4.81. The highest BCUT2D eigenvalue weighted by molar-refractivity contribution is 5.97. The molecule has 0 aliphatic carbocycles. The lowest BCUT2D eigenvalue weighted by atomic mass is 10.1. The average molecular weight is 558 g/mol. The van der Waals surface area contributed by atoms with Crippen molar-refractivity contribution in [2.24, 2.45) is 10.9 Å². The highest BCUT2D eigenvalue weighted by Crippen LogP contribution is 2.34. The van der Waals surface area contributed by atoms with Crippen molar-refractivity contribution >= 4 is 23.2 Å². The number of alkyl halides is 3. The number of hydrogen-bond donors (Lipinski definition) is 4. The van der Waals surface area contributed by atoms with Gasteiger partial charge in [0.15, 0.2) is 11.7 Å². The van der Waals surface area contributed by atoms with E-state index < -0.39 is 29.8 Å². The van der Waals surface area contributed by atoms with Crippen molar-refractivity contribution in [3.63, 3.8) is 0 Å². The molecule has 0 bridgehead atoms. The number of nitrogens with two attached hydrogens (primary N) is 2. The van der Waals surface area contributed by atoms with Crippen molar-refractivity contribution in [2.45, 2.75) is 39.2 Å². The number of nitrogen functional groups attached to an aromatic ring is 1. The van der Waals surface area contributed by atoms with Crippen LogP contribution in [0.25, 0.3) is 11.3 Å². The van der Waals surface area contributed by atoms with Gasteiger partial charge in [-0.15, -0.1) is 0 Å². The van der Waals surface area contributed by atoms with E-state index in [-0.39, 0.29) is 47.8 Å². The van der Waals surface area contributed by atoms with Crippen LogP contribution in [0.2, 0.25) is 0 Å². The first-order chi connectivity index (χ1) is 18.9. The molecule has 6 N–H and O–H groups in total. The number of aromatic nitrogens is 2. The lowest BCUT2D eigenvalue weighted by molar-refractivity contribution is -0.137. The summed E-state index contributed by atoms with van der Waals surface area (Å²) in [6.45, 7) is 6.95. The Bertz CT molecular complexity index is 1450. The van der Waals surface area contributed by atoms with Crippen LogP contribution in [0.1, 0.15) is 30.5 Å². The number of hydrogen-bond acceptors (Lipinski definition) is 7. The third-order valence-electron chi connectivity index (χ3n) is 5.45. The van der Waals surface area contributed by atoms with Gasteiger partial charge in [0.25, 0.3) is 5.56 Å². The van der Waals surface area contributed by atoms with Crippen LogP contribution in [0.3, 0.4) is 0 Å². The van der Waals surface area contributed by atoms with Crippen molar-refractivity contribution in [3.05, 3.63) is 88.4 Å². The van der Waals surface area contributed by atoms with E-state index in [2.05, 4.69) is 27.4 Å². The molecule has 3 aromatic rings. The van der Waals surface area contributed by atoms with E-state index in [1.807, 2.05) is 0 Å². The van der Waals surface area contributed by atoms with Gasteiger partial charge in [-0.2, -0.15) is 13.2 Å². The molecule has 0 unspecified atom stereocenters. The quantitative estimate of drug-likeness (QED) is 0.0704. The third-order valence-corrected chi connectivity index (χ3v) is 5.45. The normalized spacial score (nSPS) is 11.8. The summed E-state index contributed by atoms with van der Waals surface area (Å²) in [5.41, 5.74) is 11.1. The molecule has 0 saturated heterocycles. The van der Waals surface area contributed by atoms with E-state index >= 15 is 0 Å². The zero-order valence-corrected chi connectivity index (χ0v) is 22.0. The van der Waals surface area contributed by atoms with Crippen molar-refractivity contribution in [1.82, 2.24) is 14.9 Å². The molecule has 0 atom stereocenters. The molecule has 1 heterocycles. The molecule has 0 aliphatic rings. The van der Waals surface area contributed by atoms with Gasteiger partial charge in [0.1, 0.15) is 13.2 Å². The highest BCUT2D eigenvalue weighted by Gasteiger charge is 2.31. The van der Waals surface area contributed by atoms with E-state index in [0.717, 1.165) is 22.3 Å². The first-order valence-corrected chi connectivity index (χ1v) is 12.2. The van der Waals surface area contributed by atoms with Crippen molar-refractivity contribution < 1.29 is 22.8 Å². The van der Waals surface area contributed by atoms with Crippen molar-refractivity contribution in [3.8, 4) is 11.3 Å². The smallest absolute Gasteiger partial charge is 0.399 e. The number of amidine groups is 1. The minimum absolute atomic E-state index is 0.00467. The molecule has 1 amide bonds. The molecule has 3 rings (SSSR count). The number of nitrogens with one attached hydrogen (secondary N) is 2. The molecule has 0 fully saturated rings. The fraction of sp³-hybridized carbons (Fsp3) is 0.259. The number of rotatable bonds is 11. The molecular formula is C27H30F3N7O3. The molecular weight excluding hydrogens is 527 g/mol. The van der Waals surface area contributed by atoms with E-state index in [4.69, 9.17) is 16.3 Å². The molecule has 0 saturated carbocycles. The number of benzene rings is 2. The Kier molecular flexibility index (Phi) is 9.54. The molecule has 0 radical (unpaired) electrons. The van der Waals surface area contributed by atoms with E-state index in [1.165, 1.54) is 18.3 Å². The van der Waals surface area contributed by atoms with Gasteiger partial charge in [-0.25, -0.2) is 4.98 Å². The van der Waals surface area contributed by atoms with Gasteiger partial charge in [-0.1, -0.05) is 42.1 Å². The van der Waals surface area contributed by atoms with Crippen LogP contribution in [0, 0.1) is 0 Å². The number of carbonyl (C=O) groups is 1. The molecule has 10 nitrogen and oxygen atoms in total. The second-order valence-corrected chi connectivity index (χ2v) is 9.06. The van der Waals surface area contributed by atoms with Crippen LogP contribution in [-0.4, -0.2) is 33.9 Å². The first-order valence-electron chi connectivity index (χ1n) is 12.2. The second-order valence-electron chi connectivity index (χ2n) is 9.06. The Morgan fingerprint density at radius 1 is 1.23 bits per heavy atom. The van der Waals surface area contributed by atoms with Gasteiger partial charge in [0.2, 0.25) is 5.91 Å². The minimum Gasteiger partial charge on any atom is -0.399 e. The molecule has 40 heavy (non-hydrogen) atoms. The lowest BCUT2D eigenvalue weighted by Crippen LogP contribution is -2.35. The predicted molar refractivity (Wildman–Crippen MR) is 147 cm³/mol. The number of nitrogens with zero attached hydrogens (tertiary/aromatic N) is 3. The highest BCUT2D eigenvalue weighted by atomic mass is 19.4. The van der Waals surface area contributed by atoms with Crippen LogP contribution in [-0.2, 0) is 28.9 Å². The van der Waals surface area contributed by atoms with Gasteiger partial charge >= 0.3 is 6.18 Å². The number of oxime groups is 1. The Labute approximate surface area is 228 Å². The summed E-state index contributed by atoms with van der Waals surface area (Å²) < 4.78 is 41.3. The van der Waals surface area contributed by atoms with Gasteiger partial charge in [0.05, 0.1) is 17.5 Å². The fourth-order valence-corrected chi connectivity index (χ4v) is 3.62. The van der Waals surface area contributed by atoms with Crippen LogP contribution in [0.5, 0.6) is 0 Å². The zero-order chi connectivity index (χ0) is 29.4. The number of anilines is 2. The van der Waals surface area contributed by atoms with Crippen LogP contribution in [0.4, 0.5) is 24.7 Å². The van der Waals surface area contributed by atoms with Crippen LogP contribution < -0.4 is 27.7 Å². The van der Waals surface area contributed by atoms with Crippen molar-refractivity contribution in [2.75, 3.05) is 17.7 Å². The van der Waals surface area contributed by atoms with Gasteiger partial charge < -0.3 is 26.9 Å². The molecule has 0 spiro atoms. The molecule has 1 aromatic heterocycles. The maximum Gasteiger partial charge on any atom is 0.416 e. The Morgan fingerprint density at radius 3 is 2.55 bits per heavy atom. The summed E-state index contributed by atoms with van der Waals surface area (Å²) in [7, 11) is 0. The van der Waals surface area contributed by atoms with Crippen molar-refractivity contribution in [1.29, 1.82) is 0 Å². The topological polar surface area (TPSA) is 150 Å². The maximum absolute atomic E-state index is 13.4. The summed E-state index contributed by atoms with van der Waals surface area (Å²) >= 11 is 0. The monoisotopic (exact) mass is 557 g/mol. The van der Waals surface area contributed by atoms with Crippen LogP contribution >= 0.6 is 0 Å². The summed E-state index contributed by atoms with van der Waals surface area (Å²) in [5.74, 6) is -0.422. The molecule has 0 aliphatic heterocycles. The third kappa shape index (κ3) is 7.85. The van der Waals surface area contributed by atoms with E-state index in [9.17, 15) is 22.8 Å². The fourth-order valence-electron chi connectivity index (χ4n) is 3.62. The SMILES string of the molecule is C=CCO/N=C(\N)c1ccc(CNC(=O)Cn2c(-c3cc(N)cc(C(F)(F)F)c3)cnc(NC(C)C)c2=O)cc1. The maximum atomic E-state index is 13.4. The standard InChI is InChI=1S/C27H30F3N7O3/c1-4-9-40-36-24(32)18-7-5-17(6-8-18)13-33-23(38)15-37-22(14-34-25(26(37)39)35-16(2)3)19-10-20(27(28,29)30)12-21(31)11-19/h4-8,10-12,14,16H,1,9,13,15,31H2,2-3H3,(H2,32,36)(H,33,38)(H,34,35). The summed E-state index contributed by atoms with van der Waals surface area (Å²) in [6.07, 6.45) is -1.90. The number of halogens is 3. The van der Waals surface area contributed by atoms with Crippen LogP contribution in [0.15, 0.2) is 71.3 Å². The van der Waals surface area contributed by atoms with E-state index in [0.29, 0.717) is 5.56 Å². The average Bonchev–Trinajstić information content (AvgIpc) is 2.89. The zero-order valence-electron chi connectivity index (χ0n) is 22.0. The summed E-state index contributed by atoms with van der Waals surface area (Å²) in [5, 5.41) is 9.36. The van der Waals surface area contributed by atoms with Gasteiger partial charge in [-0.05, 0) is 37.6 Å². The Morgan fingerprint density at radius 2 is 1.93 bits per heavy atom. The second kappa shape index (κ2) is 12.8. The molecule has 2 aromatic carbocycles. The summed E-state index contributed by atoms with van der Waals surface area (Å²) in [6, 6.07) is 9.63. The molecule has 13 heteroatoms. The van der Waals surface area contributed by atoms with Gasteiger partial charge in [-0.3, -0.25) is 14.2 Å².